The van der Waals surface area contributed by atoms with E-state index in [1.165, 1.54) is 6.21 Å². The first-order chi connectivity index (χ1) is 11.1. The van der Waals surface area contributed by atoms with Crippen LogP contribution in [0.3, 0.4) is 0 Å². The van der Waals surface area contributed by atoms with Gasteiger partial charge in [-0.1, -0.05) is 12.1 Å². The summed E-state index contributed by atoms with van der Waals surface area (Å²) in [4.78, 5) is 12.1. The fourth-order valence-corrected chi connectivity index (χ4v) is 2.53. The van der Waals surface area contributed by atoms with Crippen LogP contribution in [-0.2, 0) is 4.79 Å². The Bertz CT molecular complexity index is 763. The van der Waals surface area contributed by atoms with E-state index < -0.39 is 12.0 Å². The van der Waals surface area contributed by atoms with E-state index in [2.05, 4.69) is 33.1 Å². The van der Waals surface area contributed by atoms with E-state index in [9.17, 15) is 9.90 Å². The second-order valence-corrected chi connectivity index (χ2v) is 6.05. The van der Waals surface area contributed by atoms with Crippen LogP contribution in [0.1, 0.15) is 5.56 Å². The predicted octanol–water partition coefficient (Wildman–Crippen LogP) is 2.29. The molecule has 118 valence electrons. The number of amides is 1. The molecule has 2 aromatic rings. The second kappa shape index (κ2) is 6.86. The van der Waals surface area contributed by atoms with Crippen LogP contribution >= 0.6 is 22.6 Å². The first-order valence-electron chi connectivity index (χ1n) is 6.83. The van der Waals surface area contributed by atoms with Gasteiger partial charge in [-0.2, -0.15) is 5.10 Å². The number of carbonyl (C=O) groups excluding carboxylic acids is 1. The molecule has 2 aromatic carbocycles. The standard InChI is InChI=1S/C16H13IN2O4/c17-11-5-6-12(20)10(7-11)8-18-19-16(21)15-9-22-13-3-1-2-4-14(13)23-15/h1-8,15,20H,9H2,(H,19,21)/b18-8-. The zero-order valence-corrected chi connectivity index (χ0v) is 14.1. The molecular formula is C16H13IN2O4. The van der Waals surface area contributed by atoms with E-state index in [-0.39, 0.29) is 12.4 Å². The number of hydrogen-bond acceptors (Lipinski definition) is 5. The zero-order chi connectivity index (χ0) is 16.2. The highest BCUT2D eigenvalue weighted by Gasteiger charge is 2.26. The third-order valence-electron chi connectivity index (χ3n) is 3.17. The zero-order valence-electron chi connectivity index (χ0n) is 11.9. The van der Waals surface area contributed by atoms with Crippen LogP contribution in [0.4, 0.5) is 0 Å². The Morgan fingerprint density at radius 2 is 2.09 bits per heavy atom. The molecule has 0 fully saturated rings. The minimum absolute atomic E-state index is 0.0922. The molecule has 0 saturated heterocycles. The molecule has 2 N–H and O–H groups in total. The summed E-state index contributed by atoms with van der Waals surface area (Å²) in [5.41, 5.74) is 2.91. The van der Waals surface area contributed by atoms with Crippen LogP contribution in [0, 0.1) is 3.57 Å². The van der Waals surface area contributed by atoms with Gasteiger partial charge in [-0.3, -0.25) is 4.79 Å². The number of aromatic hydroxyl groups is 1. The highest BCUT2D eigenvalue weighted by atomic mass is 127. The molecule has 0 bridgehead atoms. The molecule has 0 aromatic heterocycles. The van der Waals surface area contributed by atoms with E-state index in [0.29, 0.717) is 17.1 Å². The Kier molecular flexibility index (Phi) is 4.65. The number of ether oxygens (including phenoxy) is 2. The number of nitrogens with zero attached hydrogens (tertiary/aromatic N) is 1. The van der Waals surface area contributed by atoms with Crippen LogP contribution in [-0.4, -0.2) is 29.9 Å². The van der Waals surface area contributed by atoms with Gasteiger partial charge < -0.3 is 14.6 Å². The van der Waals surface area contributed by atoms with Gasteiger partial charge in [0.2, 0.25) is 6.10 Å². The van der Waals surface area contributed by atoms with Crippen molar-refractivity contribution in [3.63, 3.8) is 0 Å². The molecule has 0 radical (unpaired) electrons. The molecule has 1 atom stereocenters. The van der Waals surface area contributed by atoms with Crippen LogP contribution in [0.15, 0.2) is 47.6 Å². The van der Waals surface area contributed by atoms with Gasteiger partial charge >= 0.3 is 0 Å². The van der Waals surface area contributed by atoms with E-state index in [1.807, 2.05) is 6.07 Å². The fourth-order valence-electron chi connectivity index (χ4n) is 2.01. The van der Waals surface area contributed by atoms with Gasteiger partial charge in [0.05, 0.1) is 6.21 Å². The lowest BCUT2D eigenvalue weighted by atomic mass is 10.2. The van der Waals surface area contributed by atoms with Crippen molar-refractivity contribution in [2.75, 3.05) is 6.61 Å². The summed E-state index contributed by atoms with van der Waals surface area (Å²) in [5, 5.41) is 13.6. The summed E-state index contributed by atoms with van der Waals surface area (Å²) >= 11 is 2.13. The van der Waals surface area contributed by atoms with E-state index in [4.69, 9.17) is 9.47 Å². The predicted molar refractivity (Wildman–Crippen MR) is 92.9 cm³/mol. The molecule has 0 saturated carbocycles. The lowest BCUT2D eigenvalue weighted by Crippen LogP contribution is -2.42. The van der Waals surface area contributed by atoms with Crippen molar-refractivity contribution >= 4 is 34.7 Å². The van der Waals surface area contributed by atoms with Crippen LogP contribution < -0.4 is 14.9 Å². The molecular weight excluding hydrogens is 411 g/mol. The molecule has 6 nitrogen and oxygen atoms in total. The first-order valence-corrected chi connectivity index (χ1v) is 7.91. The van der Waals surface area contributed by atoms with Crippen molar-refractivity contribution in [1.82, 2.24) is 5.43 Å². The van der Waals surface area contributed by atoms with Gasteiger partial charge in [0.1, 0.15) is 12.4 Å². The van der Waals surface area contributed by atoms with E-state index in [1.54, 1.807) is 36.4 Å². The summed E-state index contributed by atoms with van der Waals surface area (Å²) < 4.78 is 12.0. The third kappa shape index (κ3) is 3.73. The Morgan fingerprint density at radius 1 is 1.30 bits per heavy atom. The van der Waals surface area contributed by atoms with E-state index in [0.717, 1.165) is 3.57 Å². The fraction of sp³-hybridized carbons (Fsp3) is 0.125. The Morgan fingerprint density at radius 3 is 2.91 bits per heavy atom. The number of hydrazone groups is 1. The second-order valence-electron chi connectivity index (χ2n) is 4.80. The van der Waals surface area contributed by atoms with Gasteiger partial charge in [0.25, 0.3) is 5.91 Å². The quantitative estimate of drug-likeness (QED) is 0.450. The Hall–Kier alpha value is -2.29. The average molecular weight is 424 g/mol. The number of rotatable bonds is 3. The van der Waals surface area contributed by atoms with Gasteiger partial charge in [-0.15, -0.1) is 0 Å². The molecule has 1 heterocycles. The summed E-state index contributed by atoms with van der Waals surface area (Å²) in [6.45, 7) is 0.118. The number of halogens is 1. The highest BCUT2D eigenvalue weighted by molar-refractivity contribution is 14.1. The largest absolute Gasteiger partial charge is 0.507 e. The molecule has 1 unspecified atom stereocenters. The topological polar surface area (TPSA) is 80.2 Å². The molecule has 1 aliphatic rings. The Balaban J connectivity index is 1.62. The molecule has 1 amide bonds. The minimum Gasteiger partial charge on any atom is -0.507 e. The molecule has 7 heteroatoms. The molecule has 23 heavy (non-hydrogen) atoms. The summed E-state index contributed by atoms with van der Waals surface area (Å²) in [7, 11) is 0. The average Bonchev–Trinajstić information content (AvgIpc) is 2.57. The maximum absolute atomic E-state index is 12.1. The number of fused-ring (bicyclic) bond motifs is 1. The van der Waals surface area contributed by atoms with Gasteiger partial charge in [0, 0.05) is 9.13 Å². The lowest BCUT2D eigenvalue weighted by Gasteiger charge is -2.24. The molecule has 1 aliphatic heterocycles. The summed E-state index contributed by atoms with van der Waals surface area (Å²) in [6.07, 6.45) is 0.610. The highest BCUT2D eigenvalue weighted by Crippen LogP contribution is 2.30. The van der Waals surface area contributed by atoms with Crippen LogP contribution in [0.5, 0.6) is 17.2 Å². The number of benzene rings is 2. The number of hydrogen-bond donors (Lipinski definition) is 2. The number of carbonyl (C=O) groups is 1. The molecule has 3 rings (SSSR count). The van der Waals surface area contributed by atoms with Gasteiger partial charge in [-0.25, -0.2) is 5.43 Å². The SMILES string of the molecule is O=C(N/N=C\c1cc(I)ccc1O)C1COc2ccccc2O1. The number of phenolic OH excluding ortho intramolecular Hbond substituents is 1. The third-order valence-corrected chi connectivity index (χ3v) is 3.84. The van der Waals surface area contributed by atoms with Gasteiger partial charge in [-0.05, 0) is 52.9 Å². The van der Waals surface area contributed by atoms with Crippen molar-refractivity contribution in [2.45, 2.75) is 6.10 Å². The molecule has 0 aliphatic carbocycles. The number of para-hydroxylation sites is 2. The molecule has 0 spiro atoms. The Labute approximate surface area is 146 Å². The van der Waals surface area contributed by atoms with Crippen molar-refractivity contribution in [1.29, 1.82) is 0 Å². The summed E-state index contributed by atoms with van der Waals surface area (Å²) in [6, 6.07) is 12.3. The van der Waals surface area contributed by atoms with Gasteiger partial charge in [0.15, 0.2) is 11.5 Å². The lowest BCUT2D eigenvalue weighted by molar-refractivity contribution is -0.130. The van der Waals surface area contributed by atoms with Crippen molar-refractivity contribution in [2.24, 2.45) is 5.10 Å². The smallest absolute Gasteiger partial charge is 0.284 e. The number of nitrogens with one attached hydrogen (secondary N) is 1. The monoisotopic (exact) mass is 424 g/mol. The van der Waals surface area contributed by atoms with Crippen molar-refractivity contribution in [3.8, 4) is 17.2 Å². The van der Waals surface area contributed by atoms with E-state index >= 15 is 0 Å². The summed E-state index contributed by atoms with van der Waals surface area (Å²) in [5.74, 6) is 0.817. The van der Waals surface area contributed by atoms with Crippen molar-refractivity contribution < 1.29 is 19.4 Å². The maximum Gasteiger partial charge on any atom is 0.284 e. The van der Waals surface area contributed by atoms with Crippen LogP contribution in [0.25, 0.3) is 0 Å². The normalized spacial score (nSPS) is 16.3. The number of phenols is 1. The minimum atomic E-state index is -0.772. The maximum atomic E-state index is 12.1. The first kappa shape index (κ1) is 15.6. The van der Waals surface area contributed by atoms with Crippen LogP contribution in [0.2, 0.25) is 0 Å². The van der Waals surface area contributed by atoms with Crippen molar-refractivity contribution in [3.05, 3.63) is 51.6 Å².